The van der Waals surface area contributed by atoms with Gasteiger partial charge in [-0.25, -0.2) is 4.79 Å². The lowest BCUT2D eigenvalue weighted by Gasteiger charge is -2.48. The highest BCUT2D eigenvalue weighted by atomic mass is 16.2. The van der Waals surface area contributed by atoms with Crippen molar-refractivity contribution < 1.29 is 4.79 Å². The molecule has 4 heteroatoms. The standard InChI is InChI=1S/C17H25N3O/c1-19(2)17(14-7-5-4-6-8-14)11-9-16(10-12-17)13-20(3)15(21)18-16/h4-8H,9-13H2,1-3H3,(H,18,21). The van der Waals surface area contributed by atoms with Crippen molar-refractivity contribution in [1.29, 1.82) is 0 Å². The molecule has 0 bridgehead atoms. The number of nitrogens with zero attached hydrogens (tertiary/aromatic N) is 2. The van der Waals surface area contributed by atoms with E-state index in [1.807, 2.05) is 11.9 Å². The number of hydrogen-bond donors (Lipinski definition) is 1. The van der Waals surface area contributed by atoms with Gasteiger partial charge in [0, 0.05) is 19.1 Å². The summed E-state index contributed by atoms with van der Waals surface area (Å²) in [6.45, 7) is 0.837. The third kappa shape index (κ3) is 2.31. The van der Waals surface area contributed by atoms with Crippen molar-refractivity contribution in [2.45, 2.75) is 36.8 Å². The molecular formula is C17H25N3O. The predicted molar refractivity (Wildman–Crippen MR) is 84.2 cm³/mol. The summed E-state index contributed by atoms with van der Waals surface area (Å²) in [5.41, 5.74) is 1.47. The first-order valence-corrected chi connectivity index (χ1v) is 7.74. The number of amides is 2. The molecule has 1 aromatic rings. The lowest BCUT2D eigenvalue weighted by molar-refractivity contribution is 0.0627. The largest absolute Gasteiger partial charge is 0.331 e. The minimum Gasteiger partial charge on any atom is -0.331 e. The SMILES string of the molecule is CN1CC2(CCC(c3ccccc3)(N(C)C)CC2)NC1=O. The molecule has 114 valence electrons. The molecule has 1 N–H and O–H groups in total. The van der Waals surface area contributed by atoms with E-state index < -0.39 is 0 Å². The van der Waals surface area contributed by atoms with E-state index in [0.717, 1.165) is 32.2 Å². The maximum Gasteiger partial charge on any atom is 0.317 e. The zero-order valence-electron chi connectivity index (χ0n) is 13.2. The summed E-state index contributed by atoms with van der Waals surface area (Å²) in [6.07, 6.45) is 4.24. The van der Waals surface area contributed by atoms with Gasteiger partial charge < -0.3 is 10.2 Å². The number of benzene rings is 1. The van der Waals surface area contributed by atoms with Gasteiger partial charge in [0.1, 0.15) is 0 Å². The fourth-order valence-electron chi connectivity index (χ4n) is 4.06. The third-order valence-corrected chi connectivity index (χ3v) is 5.46. The van der Waals surface area contributed by atoms with Gasteiger partial charge in [-0.3, -0.25) is 4.90 Å². The zero-order chi connectivity index (χ0) is 15.1. The Morgan fingerprint density at radius 1 is 1.10 bits per heavy atom. The summed E-state index contributed by atoms with van der Waals surface area (Å²) in [4.78, 5) is 16.0. The van der Waals surface area contributed by atoms with E-state index in [4.69, 9.17) is 0 Å². The van der Waals surface area contributed by atoms with E-state index >= 15 is 0 Å². The van der Waals surface area contributed by atoms with Crippen LogP contribution >= 0.6 is 0 Å². The quantitative estimate of drug-likeness (QED) is 0.906. The Kier molecular flexibility index (Phi) is 3.44. The van der Waals surface area contributed by atoms with Crippen LogP contribution in [0.2, 0.25) is 0 Å². The average molecular weight is 287 g/mol. The van der Waals surface area contributed by atoms with Crippen LogP contribution in [0.15, 0.2) is 30.3 Å². The number of carbonyl (C=O) groups is 1. The van der Waals surface area contributed by atoms with Gasteiger partial charge >= 0.3 is 6.03 Å². The molecule has 4 nitrogen and oxygen atoms in total. The fraction of sp³-hybridized carbons (Fsp3) is 0.588. The van der Waals surface area contributed by atoms with Gasteiger partial charge in [0.25, 0.3) is 0 Å². The smallest absolute Gasteiger partial charge is 0.317 e. The lowest BCUT2D eigenvalue weighted by atomic mass is 9.69. The van der Waals surface area contributed by atoms with Gasteiger partial charge in [-0.2, -0.15) is 0 Å². The second-order valence-electron chi connectivity index (χ2n) is 6.86. The molecule has 1 aromatic carbocycles. The van der Waals surface area contributed by atoms with E-state index in [9.17, 15) is 4.79 Å². The molecule has 1 spiro atoms. The predicted octanol–water partition coefficient (Wildman–Crippen LogP) is 2.41. The van der Waals surface area contributed by atoms with Crippen LogP contribution in [0.3, 0.4) is 0 Å². The highest BCUT2D eigenvalue weighted by Gasteiger charge is 2.49. The molecule has 1 saturated heterocycles. The summed E-state index contributed by atoms with van der Waals surface area (Å²) in [7, 11) is 6.23. The van der Waals surface area contributed by atoms with E-state index in [1.54, 1.807) is 0 Å². The lowest BCUT2D eigenvalue weighted by Crippen LogP contribution is -2.53. The molecule has 2 amide bonds. The van der Waals surface area contributed by atoms with Gasteiger partial charge in [-0.15, -0.1) is 0 Å². The van der Waals surface area contributed by atoms with Gasteiger partial charge in [0.05, 0.1) is 5.54 Å². The summed E-state index contributed by atoms with van der Waals surface area (Å²) in [5.74, 6) is 0. The average Bonchev–Trinajstić information content (AvgIpc) is 2.75. The Morgan fingerprint density at radius 2 is 1.71 bits per heavy atom. The van der Waals surface area contributed by atoms with Crippen LogP contribution in [0.1, 0.15) is 31.2 Å². The van der Waals surface area contributed by atoms with Crippen LogP contribution in [0.25, 0.3) is 0 Å². The first-order chi connectivity index (χ1) is 9.97. The molecule has 2 aliphatic rings. The number of urea groups is 1. The number of rotatable bonds is 2. The van der Waals surface area contributed by atoms with E-state index in [1.165, 1.54) is 5.56 Å². The number of likely N-dealkylation sites (N-methyl/N-ethyl adjacent to an activating group) is 1. The Bertz CT molecular complexity index is 518. The Hall–Kier alpha value is -1.55. The second kappa shape index (κ2) is 5.02. The van der Waals surface area contributed by atoms with E-state index in [-0.39, 0.29) is 17.1 Å². The van der Waals surface area contributed by atoms with Gasteiger partial charge in [-0.1, -0.05) is 30.3 Å². The highest BCUT2D eigenvalue weighted by molar-refractivity contribution is 5.77. The van der Waals surface area contributed by atoms with Crippen LogP contribution in [-0.2, 0) is 5.54 Å². The molecule has 1 aliphatic carbocycles. The molecule has 0 atom stereocenters. The minimum atomic E-state index is -0.0138. The number of carbonyl (C=O) groups excluding carboxylic acids is 1. The van der Waals surface area contributed by atoms with Crippen molar-refractivity contribution in [3.63, 3.8) is 0 Å². The summed E-state index contributed by atoms with van der Waals surface area (Å²) in [6, 6.07) is 10.9. The van der Waals surface area contributed by atoms with Crippen molar-refractivity contribution in [3.8, 4) is 0 Å². The molecular weight excluding hydrogens is 262 g/mol. The molecule has 1 heterocycles. The van der Waals surface area contributed by atoms with Crippen molar-refractivity contribution in [2.24, 2.45) is 0 Å². The van der Waals surface area contributed by atoms with Crippen LogP contribution in [0.4, 0.5) is 4.79 Å². The van der Waals surface area contributed by atoms with Crippen molar-refractivity contribution in [2.75, 3.05) is 27.7 Å². The van der Waals surface area contributed by atoms with Crippen LogP contribution in [0, 0.1) is 0 Å². The number of hydrogen-bond acceptors (Lipinski definition) is 2. The third-order valence-electron chi connectivity index (χ3n) is 5.46. The summed E-state index contributed by atoms with van der Waals surface area (Å²) in [5, 5.41) is 3.22. The van der Waals surface area contributed by atoms with Gasteiger partial charge in [-0.05, 0) is 45.3 Å². The Morgan fingerprint density at radius 3 is 2.19 bits per heavy atom. The van der Waals surface area contributed by atoms with Gasteiger partial charge in [0.2, 0.25) is 0 Å². The molecule has 0 radical (unpaired) electrons. The monoisotopic (exact) mass is 287 g/mol. The van der Waals surface area contributed by atoms with Crippen molar-refractivity contribution in [1.82, 2.24) is 15.1 Å². The minimum absolute atomic E-state index is 0.0138. The Labute approximate surface area is 127 Å². The summed E-state index contributed by atoms with van der Waals surface area (Å²) < 4.78 is 0. The van der Waals surface area contributed by atoms with E-state index in [0.29, 0.717) is 0 Å². The van der Waals surface area contributed by atoms with Crippen LogP contribution < -0.4 is 5.32 Å². The molecule has 0 aromatic heterocycles. The molecule has 21 heavy (non-hydrogen) atoms. The molecule has 2 fully saturated rings. The first kappa shape index (κ1) is 14.4. The van der Waals surface area contributed by atoms with Crippen molar-refractivity contribution >= 4 is 6.03 Å². The maximum atomic E-state index is 11.8. The summed E-state index contributed by atoms with van der Waals surface area (Å²) >= 11 is 0. The highest BCUT2D eigenvalue weighted by Crippen LogP contribution is 2.45. The second-order valence-corrected chi connectivity index (χ2v) is 6.86. The molecule has 0 unspecified atom stereocenters. The normalized spacial score (nSPS) is 32.8. The van der Waals surface area contributed by atoms with Crippen molar-refractivity contribution in [3.05, 3.63) is 35.9 Å². The molecule has 1 saturated carbocycles. The first-order valence-electron chi connectivity index (χ1n) is 7.74. The number of nitrogens with one attached hydrogen (secondary N) is 1. The molecule has 1 aliphatic heterocycles. The maximum absolute atomic E-state index is 11.8. The van der Waals surface area contributed by atoms with Crippen LogP contribution in [-0.4, -0.2) is 49.1 Å². The van der Waals surface area contributed by atoms with E-state index in [2.05, 4.69) is 54.6 Å². The topological polar surface area (TPSA) is 35.6 Å². The fourth-order valence-corrected chi connectivity index (χ4v) is 4.06. The zero-order valence-corrected chi connectivity index (χ0v) is 13.2. The molecule has 3 rings (SSSR count). The van der Waals surface area contributed by atoms with Crippen LogP contribution in [0.5, 0.6) is 0 Å². The van der Waals surface area contributed by atoms with Gasteiger partial charge in [0.15, 0.2) is 0 Å². The Balaban J connectivity index is 1.83.